The molecule has 5 rings (SSSR count). The molecule has 0 aliphatic carbocycles. The highest BCUT2D eigenvalue weighted by Crippen LogP contribution is 2.39. The monoisotopic (exact) mass is 636 g/mol. The van der Waals surface area contributed by atoms with Crippen molar-refractivity contribution in [2.75, 3.05) is 31.7 Å². The summed E-state index contributed by atoms with van der Waals surface area (Å²) in [6, 6.07) is 19.0. The lowest BCUT2D eigenvalue weighted by Crippen LogP contribution is -2.45. The summed E-state index contributed by atoms with van der Waals surface area (Å²) in [6.07, 6.45) is 6.21. The molecule has 0 amide bonds. The summed E-state index contributed by atoms with van der Waals surface area (Å²) in [7, 11) is 1.39. The quantitative estimate of drug-likeness (QED) is 0.115. The number of benzene rings is 2. The van der Waals surface area contributed by atoms with Gasteiger partial charge in [-0.2, -0.15) is 9.61 Å². The molecule has 1 atom stereocenters. The van der Waals surface area contributed by atoms with Gasteiger partial charge in [-0.05, 0) is 83.1 Å². The van der Waals surface area contributed by atoms with Gasteiger partial charge in [0.05, 0.1) is 36.2 Å². The second-order valence-corrected chi connectivity index (χ2v) is 13.5. The third-order valence-electron chi connectivity index (χ3n) is 8.73. The first-order valence-electron chi connectivity index (χ1n) is 16.4. The number of carbonyl (C=O) groups is 1. The van der Waals surface area contributed by atoms with Gasteiger partial charge in [0.15, 0.2) is 11.8 Å². The molecule has 1 aliphatic heterocycles. The van der Waals surface area contributed by atoms with Crippen LogP contribution in [0.25, 0.3) is 28.0 Å². The van der Waals surface area contributed by atoms with Crippen molar-refractivity contribution < 1.29 is 19.0 Å². The molecule has 0 bridgehead atoms. The number of fused-ring (bicyclic) bond motifs is 1. The normalized spacial score (nSPS) is 15.4. The Morgan fingerprint density at radius 2 is 1.77 bits per heavy atom. The number of nitrogens with zero attached hydrogens (tertiary/aromatic N) is 4. The number of aromatic nitrogens is 3. The summed E-state index contributed by atoms with van der Waals surface area (Å²) in [4.78, 5) is 20.6. The molecule has 0 N–H and O–H groups in total. The second kappa shape index (κ2) is 14.2. The Bertz CT molecular complexity index is 1740. The molecule has 1 aliphatic rings. The fraction of sp³-hybridized carbons (Fsp3) is 0.410. The molecule has 8 heteroatoms. The number of allylic oxidation sites excluding steroid dienone is 1. The van der Waals surface area contributed by atoms with E-state index in [9.17, 15) is 4.79 Å². The smallest absolute Gasteiger partial charge is 0.339 e. The van der Waals surface area contributed by atoms with Gasteiger partial charge in [0.2, 0.25) is 0 Å². The number of methoxy groups -OCH3 is 1. The number of rotatable bonds is 12. The Labute approximate surface area is 279 Å². The standard InChI is InChI=1S/C39H48N4O4/c1-9-11-15-28-16-12-13-19-31(28)29-17-14-18-30(25-29)32-26-33-40-27(3)34(35(37(44)45-8)47-38(4,5)6)36(43(33)41-32)42-22-20-39(7,21-23-42)46-24-10-2/h9-10,12-14,16-19,25-26,35H,1-2,11,15,20-24H2,3-8H3. The fourth-order valence-corrected chi connectivity index (χ4v) is 6.27. The topological polar surface area (TPSA) is 78.2 Å². The Morgan fingerprint density at radius 3 is 2.45 bits per heavy atom. The second-order valence-electron chi connectivity index (χ2n) is 13.5. The van der Waals surface area contributed by atoms with Crippen LogP contribution >= 0.6 is 0 Å². The molecule has 0 spiro atoms. The predicted octanol–water partition coefficient (Wildman–Crippen LogP) is 8.08. The number of anilines is 1. The van der Waals surface area contributed by atoms with Crippen LogP contribution < -0.4 is 4.90 Å². The maximum absolute atomic E-state index is 13.4. The van der Waals surface area contributed by atoms with E-state index in [0.717, 1.165) is 48.3 Å². The maximum Gasteiger partial charge on any atom is 0.339 e. The Hall–Kier alpha value is -4.27. The van der Waals surface area contributed by atoms with Gasteiger partial charge in [-0.15, -0.1) is 13.2 Å². The van der Waals surface area contributed by atoms with Crippen LogP contribution in [0.4, 0.5) is 5.82 Å². The van der Waals surface area contributed by atoms with E-state index in [1.165, 1.54) is 18.2 Å². The van der Waals surface area contributed by atoms with E-state index in [1.807, 2.05) is 44.4 Å². The minimum absolute atomic E-state index is 0.270. The average molecular weight is 637 g/mol. The number of piperidine rings is 1. The lowest BCUT2D eigenvalue weighted by molar-refractivity contribution is -0.164. The molecular formula is C39H48N4O4. The van der Waals surface area contributed by atoms with E-state index in [0.29, 0.717) is 36.6 Å². The number of hydrogen-bond donors (Lipinski definition) is 0. The number of ether oxygens (including phenoxy) is 3. The van der Waals surface area contributed by atoms with Crippen molar-refractivity contribution in [3.8, 4) is 22.4 Å². The van der Waals surface area contributed by atoms with E-state index in [2.05, 4.69) is 73.5 Å². The van der Waals surface area contributed by atoms with Crippen molar-refractivity contribution in [2.45, 2.75) is 77.6 Å². The first-order valence-corrected chi connectivity index (χ1v) is 16.4. The first-order chi connectivity index (χ1) is 22.5. The van der Waals surface area contributed by atoms with Crippen LogP contribution in [0, 0.1) is 6.92 Å². The highest BCUT2D eigenvalue weighted by atomic mass is 16.6. The van der Waals surface area contributed by atoms with Gasteiger partial charge in [-0.1, -0.05) is 54.6 Å². The van der Waals surface area contributed by atoms with E-state index < -0.39 is 17.7 Å². The van der Waals surface area contributed by atoms with Crippen molar-refractivity contribution in [1.29, 1.82) is 0 Å². The highest BCUT2D eigenvalue weighted by Gasteiger charge is 2.38. The van der Waals surface area contributed by atoms with Crippen LogP contribution in [0.1, 0.15) is 69.9 Å². The van der Waals surface area contributed by atoms with Gasteiger partial charge in [-0.3, -0.25) is 0 Å². The van der Waals surface area contributed by atoms with Gasteiger partial charge >= 0.3 is 5.97 Å². The molecule has 0 saturated carbocycles. The van der Waals surface area contributed by atoms with Crippen molar-refractivity contribution >= 4 is 17.4 Å². The highest BCUT2D eigenvalue weighted by molar-refractivity contribution is 5.81. The summed E-state index contributed by atoms with van der Waals surface area (Å²) < 4.78 is 19.7. The van der Waals surface area contributed by atoms with Gasteiger partial charge in [0.25, 0.3) is 0 Å². The molecule has 1 fully saturated rings. The molecule has 248 valence electrons. The molecule has 4 aromatic rings. The van der Waals surface area contributed by atoms with E-state index in [1.54, 1.807) is 6.08 Å². The molecule has 2 aromatic heterocycles. The van der Waals surface area contributed by atoms with Crippen LogP contribution in [0.3, 0.4) is 0 Å². The lowest BCUT2D eigenvalue weighted by atomic mass is 9.92. The Balaban J connectivity index is 1.64. The summed E-state index contributed by atoms with van der Waals surface area (Å²) in [5.41, 5.74) is 6.56. The minimum atomic E-state index is -0.986. The van der Waals surface area contributed by atoms with E-state index in [-0.39, 0.29) is 5.60 Å². The molecule has 3 heterocycles. The minimum Gasteiger partial charge on any atom is -0.467 e. The van der Waals surface area contributed by atoms with Crippen LogP contribution in [0.15, 0.2) is 79.9 Å². The Morgan fingerprint density at radius 1 is 1.04 bits per heavy atom. The van der Waals surface area contributed by atoms with Gasteiger partial charge in [-0.25, -0.2) is 9.78 Å². The number of esters is 1. The van der Waals surface area contributed by atoms with Crippen molar-refractivity contribution in [3.63, 3.8) is 0 Å². The fourth-order valence-electron chi connectivity index (χ4n) is 6.27. The number of hydrogen-bond acceptors (Lipinski definition) is 7. The van der Waals surface area contributed by atoms with Crippen LogP contribution in [0.2, 0.25) is 0 Å². The van der Waals surface area contributed by atoms with Crippen molar-refractivity contribution in [2.24, 2.45) is 0 Å². The SMILES string of the molecule is C=CCCc1ccccc1-c1cccc(-c2cc3nc(C)c(C(OC(C)(C)C)C(=O)OC)c(N4CCC(C)(OCC=C)CC4)n3n2)c1. The molecule has 0 radical (unpaired) electrons. The van der Waals surface area contributed by atoms with Gasteiger partial charge in [0, 0.05) is 30.4 Å². The van der Waals surface area contributed by atoms with Crippen molar-refractivity contribution in [3.05, 3.63) is 96.7 Å². The maximum atomic E-state index is 13.4. The van der Waals surface area contributed by atoms with Crippen LogP contribution in [-0.2, 0) is 25.4 Å². The summed E-state index contributed by atoms with van der Waals surface area (Å²) >= 11 is 0. The van der Waals surface area contributed by atoms with E-state index in [4.69, 9.17) is 24.3 Å². The Kier molecular flexibility index (Phi) is 10.3. The van der Waals surface area contributed by atoms with Gasteiger partial charge < -0.3 is 19.1 Å². The zero-order valence-electron chi connectivity index (χ0n) is 28.7. The van der Waals surface area contributed by atoms with Crippen LogP contribution in [0.5, 0.6) is 0 Å². The zero-order chi connectivity index (χ0) is 33.8. The van der Waals surface area contributed by atoms with Crippen LogP contribution in [-0.4, -0.2) is 58.6 Å². The molecule has 2 aromatic carbocycles. The summed E-state index contributed by atoms with van der Waals surface area (Å²) in [5, 5.41) is 5.16. The summed E-state index contributed by atoms with van der Waals surface area (Å²) in [6.45, 7) is 19.5. The third-order valence-corrected chi connectivity index (χ3v) is 8.73. The lowest BCUT2D eigenvalue weighted by Gasteiger charge is -2.41. The molecular weight excluding hydrogens is 588 g/mol. The molecule has 1 saturated heterocycles. The summed E-state index contributed by atoms with van der Waals surface area (Å²) in [5.74, 6) is 0.312. The van der Waals surface area contributed by atoms with Gasteiger partial charge in [0.1, 0.15) is 5.82 Å². The van der Waals surface area contributed by atoms with E-state index >= 15 is 0 Å². The zero-order valence-corrected chi connectivity index (χ0v) is 28.7. The molecule has 47 heavy (non-hydrogen) atoms. The third kappa shape index (κ3) is 7.66. The van der Waals surface area contributed by atoms with Crippen molar-refractivity contribution in [1.82, 2.24) is 14.6 Å². The number of aryl methyl sites for hydroxylation is 2. The number of carbonyl (C=O) groups excluding carboxylic acids is 1. The predicted molar refractivity (Wildman–Crippen MR) is 189 cm³/mol. The molecule has 8 nitrogen and oxygen atoms in total. The molecule has 1 unspecified atom stereocenters. The largest absolute Gasteiger partial charge is 0.467 e. The average Bonchev–Trinajstić information content (AvgIpc) is 3.48. The first kappa shape index (κ1) is 34.1.